The Hall–Kier alpha value is -1.90. The van der Waals surface area contributed by atoms with Crippen molar-refractivity contribution in [1.82, 2.24) is 19.3 Å². The smallest absolute Gasteiger partial charge is 0.381 e. The first kappa shape index (κ1) is 24.2. The van der Waals surface area contributed by atoms with Crippen LogP contribution in [0.25, 0.3) is 10.6 Å². The van der Waals surface area contributed by atoms with Gasteiger partial charge in [-0.05, 0) is 25.7 Å². The summed E-state index contributed by atoms with van der Waals surface area (Å²) in [7, 11) is -1.75. The number of nitrogens with one attached hydrogen (secondary N) is 1. The summed E-state index contributed by atoms with van der Waals surface area (Å²) in [6.45, 7) is 0.593. The van der Waals surface area contributed by atoms with Crippen molar-refractivity contribution in [2.24, 2.45) is 0 Å². The molecule has 8 nitrogen and oxygen atoms in total. The lowest BCUT2D eigenvalue weighted by Gasteiger charge is -2.32. The zero-order valence-corrected chi connectivity index (χ0v) is 19.5. The highest BCUT2D eigenvalue weighted by molar-refractivity contribution is 7.88. The van der Waals surface area contributed by atoms with Crippen molar-refractivity contribution in [3.05, 3.63) is 22.7 Å². The van der Waals surface area contributed by atoms with E-state index in [9.17, 15) is 26.0 Å². The fourth-order valence-corrected chi connectivity index (χ4v) is 6.01. The minimum Gasteiger partial charge on any atom is -0.381 e. The maximum atomic E-state index is 14.6. The highest BCUT2D eigenvalue weighted by Gasteiger charge is 2.42. The number of sulfonamides is 1. The molecule has 1 saturated heterocycles. The van der Waals surface area contributed by atoms with Gasteiger partial charge in [0.2, 0.25) is 16.0 Å². The van der Waals surface area contributed by atoms with E-state index in [2.05, 4.69) is 20.3 Å². The molecule has 2 fully saturated rings. The Bertz CT molecular complexity index is 1110. The number of aromatic nitrogens is 3. The number of anilines is 1. The molecule has 3 heterocycles. The van der Waals surface area contributed by atoms with E-state index in [1.165, 1.54) is 4.31 Å². The minimum absolute atomic E-state index is 0.0163. The molecule has 0 unspecified atom stereocenters. The average molecular weight is 510 g/mol. The van der Waals surface area contributed by atoms with E-state index in [0.717, 1.165) is 23.8 Å². The lowest BCUT2D eigenvalue weighted by atomic mass is 9.83. The summed E-state index contributed by atoms with van der Waals surface area (Å²) >= 11 is 0.790. The highest BCUT2D eigenvalue weighted by Crippen LogP contribution is 2.46. The van der Waals surface area contributed by atoms with E-state index < -0.39 is 33.4 Å². The number of thiazole rings is 1. The van der Waals surface area contributed by atoms with Crippen LogP contribution in [0.15, 0.2) is 6.20 Å². The van der Waals surface area contributed by atoms with Gasteiger partial charge in [0.05, 0.1) is 28.4 Å². The number of nitrogens with zero attached hydrogens (tertiary/aromatic N) is 4. The highest BCUT2D eigenvalue weighted by atomic mass is 32.2. The first-order valence-corrected chi connectivity index (χ1v) is 13.0. The van der Waals surface area contributed by atoms with Crippen LogP contribution in [0, 0.1) is 5.82 Å². The summed E-state index contributed by atoms with van der Waals surface area (Å²) < 4.78 is 85.5. The Morgan fingerprint density at radius 3 is 2.45 bits per heavy atom. The van der Waals surface area contributed by atoms with Crippen LogP contribution in [0.3, 0.4) is 0 Å². The summed E-state index contributed by atoms with van der Waals surface area (Å²) in [6, 6.07) is -0.193. The van der Waals surface area contributed by atoms with Gasteiger partial charge in [0.25, 0.3) is 0 Å². The van der Waals surface area contributed by atoms with Crippen LogP contribution in [0.1, 0.15) is 42.3 Å². The SMILES string of the molecule is CO[C@H]1C[C@@H](c2nc(C(F)(F)F)c(-c3nc(NC4CCN(S(C)(=O)=O)CC4)ncc3F)s2)C1. The van der Waals surface area contributed by atoms with Gasteiger partial charge in [0.1, 0.15) is 5.69 Å². The first-order chi connectivity index (χ1) is 15.5. The summed E-state index contributed by atoms with van der Waals surface area (Å²) in [5, 5.41) is 3.27. The fraction of sp³-hybridized carbons (Fsp3) is 0.632. The molecule has 0 spiro atoms. The summed E-state index contributed by atoms with van der Waals surface area (Å²) in [6.07, 6.45) is -0.766. The molecule has 0 aromatic carbocycles. The second kappa shape index (κ2) is 9.04. The maximum Gasteiger partial charge on any atom is 0.434 e. The molecular formula is C19H23F4N5O3S2. The molecule has 2 aromatic rings. The molecule has 1 aliphatic carbocycles. The van der Waals surface area contributed by atoms with E-state index >= 15 is 0 Å². The van der Waals surface area contributed by atoms with Crippen LogP contribution in [-0.4, -0.2) is 66.3 Å². The van der Waals surface area contributed by atoms with Gasteiger partial charge in [0.15, 0.2) is 11.5 Å². The molecule has 14 heteroatoms. The zero-order chi connectivity index (χ0) is 24.0. The molecule has 1 saturated carbocycles. The third-order valence-electron chi connectivity index (χ3n) is 5.90. The third kappa shape index (κ3) is 5.28. The van der Waals surface area contributed by atoms with Crippen LogP contribution in [-0.2, 0) is 20.9 Å². The minimum atomic E-state index is -4.77. The van der Waals surface area contributed by atoms with Gasteiger partial charge in [-0.25, -0.2) is 32.1 Å². The number of ether oxygens (including phenoxy) is 1. The van der Waals surface area contributed by atoms with Crippen LogP contribution >= 0.6 is 11.3 Å². The van der Waals surface area contributed by atoms with Crippen LogP contribution in [0.5, 0.6) is 0 Å². The predicted molar refractivity (Wildman–Crippen MR) is 114 cm³/mol. The molecular weight excluding hydrogens is 486 g/mol. The number of hydrogen-bond donors (Lipinski definition) is 1. The maximum absolute atomic E-state index is 14.6. The van der Waals surface area contributed by atoms with Crippen LogP contribution in [0.2, 0.25) is 0 Å². The van der Waals surface area contributed by atoms with E-state index in [4.69, 9.17) is 4.74 Å². The Morgan fingerprint density at radius 2 is 1.88 bits per heavy atom. The van der Waals surface area contributed by atoms with Crippen molar-refractivity contribution in [3.8, 4) is 10.6 Å². The molecule has 182 valence electrons. The van der Waals surface area contributed by atoms with Crippen LogP contribution in [0.4, 0.5) is 23.5 Å². The topological polar surface area (TPSA) is 97.3 Å². The van der Waals surface area contributed by atoms with Crippen molar-refractivity contribution in [3.63, 3.8) is 0 Å². The standard InChI is InChI=1S/C19H23F4N5O3S2/c1-31-12-7-10(8-12)17-27-16(19(21,22)23)15(32-17)14-13(20)9-24-18(26-14)25-11-3-5-28(6-4-11)33(2,29)30/h9-12H,3-8H2,1-2H3,(H,24,25,26)/t10-,12+. The Kier molecular flexibility index (Phi) is 6.64. The lowest BCUT2D eigenvalue weighted by molar-refractivity contribution is -0.140. The lowest BCUT2D eigenvalue weighted by Crippen LogP contribution is -2.42. The van der Waals surface area contributed by atoms with Gasteiger partial charge < -0.3 is 10.1 Å². The molecule has 0 amide bonds. The van der Waals surface area contributed by atoms with Gasteiger partial charge >= 0.3 is 6.18 Å². The summed E-state index contributed by atoms with van der Waals surface area (Å²) in [4.78, 5) is 11.3. The number of piperidine rings is 1. The molecule has 33 heavy (non-hydrogen) atoms. The Morgan fingerprint density at radius 1 is 1.21 bits per heavy atom. The largest absolute Gasteiger partial charge is 0.434 e. The second-order valence-electron chi connectivity index (χ2n) is 8.22. The van der Waals surface area contributed by atoms with Gasteiger partial charge in [-0.2, -0.15) is 13.2 Å². The van der Waals surface area contributed by atoms with Crippen molar-refractivity contribution in [2.75, 3.05) is 31.8 Å². The first-order valence-electron chi connectivity index (χ1n) is 10.3. The van der Waals surface area contributed by atoms with Gasteiger partial charge in [-0.15, -0.1) is 11.3 Å². The second-order valence-corrected chi connectivity index (χ2v) is 11.2. The zero-order valence-electron chi connectivity index (χ0n) is 17.9. The Labute approximate surface area is 192 Å². The molecule has 1 N–H and O–H groups in total. The monoisotopic (exact) mass is 509 g/mol. The molecule has 2 aliphatic rings. The van der Waals surface area contributed by atoms with E-state index in [0.29, 0.717) is 38.8 Å². The normalized spacial score (nSPS) is 22.8. The van der Waals surface area contributed by atoms with Crippen molar-refractivity contribution >= 4 is 27.3 Å². The molecule has 4 rings (SSSR count). The molecule has 0 atom stereocenters. The molecule has 0 radical (unpaired) electrons. The third-order valence-corrected chi connectivity index (χ3v) is 8.43. The van der Waals surface area contributed by atoms with Gasteiger partial charge in [-0.3, -0.25) is 0 Å². The van der Waals surface area contributed by atoms with Crippen molar-refractivity contribution in [1.29, 1.82) is 0 Å². The average Bonchev–Trinajstić information content (AvgIpc) is 3.14. The van der Waals surface area contributed by atoms with Gasteiger partial charge in [0, 0.05) is 32.2 Å². The van der Waals surface area contributed by atoms with Gasteiger partial charge in [-0.1, -0.05) is 0 Å². The number of alkyl halides is 3. The quantitative estimate of drug-likeness (QED) is 0.596. The van der Waals surface area contributed by atoms with Crippen LogP contribution < -0.4 is 5.32 Å². The predicted octanol–water partition coefficient (Wildman–Crippen LogP) is 3.49. The van der Waals surface area contributed by atoms with Crippen molar-refractivity contribution < 1.29 is 30.7 Å². The van der Waals surface area contributed by atoms with E-state index in [-0.39, 0.29) is 33.9 Å². The van der Waals surface area contributed by atoms with E-state index in [1.54, 1.807) is 7.11 Å². The summed E-state index contributed by atoms with van der Waals surface area (Å²) in [5.41, 5.74) is -1.62. The summed E-state index contributed by atoms with van der Waals surface area (Å²) in [5.74, 6) is -1.16. The fourth-order valence-electron chi connectivity index (χ4n) is 3.93. The molecule has 0 bridgehead atoms. The van der Waals surface area contributed by atoms with Crippen molar-refractivity contribution in [2.45, 2.75) is 49.9 Å². The number of hydrogen-bond acceptors (Lipinski definition) is 8. The molecule has 1 aliphatic heterocycles. The number of halogens is 4. The molecule has 2 aromatic heterocycles. The van der Waals surface area contributed by atoms with E-state index in [1.807, 2.05) is 0 Å². The Balaban J connectivity index is 1.57. The number of rotatable bonds is 6. The number of methoxy groups -OCH3 is 1.